The Morgan fingerprint density at radius 2 is 2.09 bits per heavy atom. The van der Waals surface area contributed by atoms with Crippen molar-refractivity contribution in [1.29, 1.82) is 0 Å². The van der Waals surface area contributed by atoms with E-state index in [-0.39, 0.29) is 29.1 Å². The number of carbonyl (C=O) groups excluding carboxylic acids is 1. The third-order valence-electron chi connectivity index (χ3n) is 4.10. The van der Waals surface area contributed by atoms with Gasteiger partial charge in [0.25, 0.3) is 5.91 Å². The maximum atomic E-state index is 13.4. The van der Waals surface area contributed by atoms with Crippen molar-refractivity contribution in [2.45, 2.75) is 25.3 Å². The van der Waals surface area contributed by atoms with Crippen molar-refractivity contribution in [2.75, 3.05) is 26.7 Å². The van der Waals surface area contributed by atoms with Gasteiger partial charge < -0.3 is 10.0 Å². The number of halogens is 2. The standard InChI is InChI=1S/C16H20ClFN2O3/c1-19(10-15(21)22)14-3-2-5-20(6-4-14)16(23)11-7-12(17)9-13(18)8-11/h7-9,14H,2-6,10H2,1H3,(H,21,22). The molecule has 1 saturated heterocycles. The SMILES string of the molecule is CN(CC(=O)O)C1CCCN(C(=O)c2cc(F)cc(Cl)c2)CC1. The van der Waals surface area contributed by atoms with Gasteiger partial charge in [-0.2, -0.15) is 0 Å². The van der Waals surface area contributed by atoms with Gasteiger partial charge in [0, 0.05) is 29.7 Å². The number of hydrogen-bond acceptors (Lipinski definition) is 3. The minimum atomic E-state index is -0.862. The number of carbonyl (C=O) groups is 2. The van der Waals surface area contributed by atoms with Crippen LogP contribution in [0.2, 0.25) is 5.02 Å². The number of aliphatic carboxylic acids is 1. The van der Waals surface area contributed by atoms with Gasteiger partial charge in [0.05, 0.1) is 6.54 Å². The van der Waals surface area contributed by atoms with Crippen LogP contribution in [0, 0.1) is 5.82 Å². The molecule has 0 spiro atoms. The van der Waals surface area contributed by atoms with Gasteiger partial charge in [-0.25, -0.2) is 4.39 Å². The predicted octanol–water partition coefficient (Wildman–Crippen LogP) is 2.49. The number of carboxylic acids is 1. The molecule has 1 atom stereocenters. The number of likely N-dealkylation sites (tertiary alicyclic amines) is 1. The summed E-state index contributed by atoms with van der Waals surface area (Å²) in [6.07, 6.45) is 2.31. The quantitative estimate of drug-likeness (QED) is 0.913. The summed E-state index contributed by atoms with van der Waals surface area (Å²) in [5.41, 5.74) is 0.243. The van der Waals surface area contributed by atoms with E-state index in [4.69, 9.17) is 16.7 Å². The largest absolute Gasteiger partial charge is 0.480 e. The maximum absolute atomic E-state index is 13.4. The summed E-state index contributed by atoms with van der Waals surface area (Å²) in [4.78, 5) is 26.8. The van der Waals surface area contributed by atoms with E-state index in [1.165, 1.54) is 12.1 Å². The number of benzene rings is 1. The molecule has 1 aliphatic rings. The molecule has 1 aliphatic heterocycles. The second-order valence-electron chi connectivity index (χ2n) is 5.84. The lowest BCUT2D eigenvalue weighted by Gasteiger charge is -2.25. The van der Waals surface area contributed by atoms with Crippen LogP contribution in [-0.2, 0) is 4.79 Å². The van der Waals surface area contributed by atoms with Crippen molar-refractivity contribution in [2.24, 2.45) is 0 Å². The van der Waals surface area contributed by atoms with Crippen molar-refractivity contribution in [3.63, 3.8) is 0 Å². The van der Waals surface area contributed by atoms with E-state index < -0.39 is 11.8 Å². The molecule has 1 amide bonds. The highest BCUT2D eigenvalue weighted by molar-refractivity contribution is 6.31. The highest BCUT2D eigenvalue weighted by Crippen LogP contribution is 2.20. The highest BCUT2D eigenvalue weighted by Gasteiger charge is 2.25. The zero-order valence-electron chi connectivity index (χ0n) is 13.0. The Bertz CT molecular complexity index is 576. The van der Waals surface area contributed by atoms with Gasteiger partial charge in [-0.3, -0.25) is 14.5 Å². The molecule has 1 unspecified atom stereocenters. The molecule has 1 aromatic carbocycles. The summed E-state index contributed by atoms with van der Waals surface area (Å²) in [7, 11) is 1.78. The molecule has 5 nitrogen and oxygen atoms in total. The Morgan fingerprint density at radius 1 is 1.35 bits per heavy atom. The summed E-state index contributed by atoms with van der Waals surface area (Å²) in [5.74, 6) is -1.64. The van der Waals surface area contributed by atoms with E-state index >= 15 is 0 Å². The number of amides is 1. The van der Waals surface area contributed by atoms with E-state index in [1.807, 2.05) is 0 Å². The predicted molar refractivity (Wildman–Crippen MR) is 85.2 cm³/mol. The molecule has 1 N–H and O–H groups in total. The smallest absolute Gasteiger partial charge is 0.317 e. The maximum Gasteiger partial charge on any atom is 0.317 e. The summed E-state index contributed by atoms with van der Waals surface area (Å²) >= 11 is 5.81. The van der Waals surface area contributed by atoms with Crippen LogP contribution in [0.1, 0.15) is 29.6 Å². The molecule has 0 aliphatic carbocycles. The van der Waals surface area contributed by atoms with Crippen LogP contribution in [0.25, 0.3) is 0 Å². The lowest BCUT2D eigenvalue weighted by atomic mass is 10.1. The number of nitrogens with zero attached hydrogens (tertiary/aromatic N) is 2. The molecule has 0 radical (unpaired) electrons. The Balaban J connectivity index is 2.02. The third kappa shape index (κ3) is 4.91. The van der Waals surface area contributed by atoms with E-state index in [1.54, 1.807) is 16.8 Å². The molecule has 23 heavy (non-hydrogen) atoms. The summed E-state index contributed by atoms with van der Waals surface area (Å²) in [5, 5.41) is 9.07. The zero-order chi connectivity index (χ0) is 17.0. The minimum Gasteiger partial charge on any atom is -0.480 e. The van der Waals surface area contributed by atoms with Crippen LogP contribution in [-0.4, -0.2) is 59.5 Å². The van der Waals surface area contributed by atoms with Crippen LogP contribution in [0.3, 0.4) is 0 Å². The van der Waals surface area contributed by atoms with Gasteiger partial charge in [-0.15, -0.1) is 0 Å². The van der Waals surface area contributed by atoms with Gasteiger partial charge in [0.2, 0.25) is 0 Å². The second kappa shape index (κ2) is 7.75. The van der Waals surface area contributed by atoms with Crippen LogP contribution >= 0.6 is 11.6 Å². The Kier molecular flexibility index (Phi) is 5.96. The van der Waals surface area contributed by atoms with Crippen molar-refractivity contribution in [1.82, 2.24) is 9.80 Å². The monoisotopic (exact) mass is 342 g/mol. The Morgan fingerprint density at radius 3 is 2.74 bits per heavy atom. The Hall–Kier alpha value is -1.66. The van der Waals surface area contributed by atoms with Gasteiger partial charge in [0.1, 0.15) is 5.82 Å². The first-order valence-electron chi connectivity index (χ1n) is 7.54. The minimum absolute atomic E-state index is 0.0158. The van der Waals surface area contributed by atoms with Crippen LogP contribution in [0.5, 0.6) is 0 Å². The van der Waals surface area contributed by atoms with E-state index in [2.05, 4.69) is 0 Å². The second-order valence-corrected chi connectivity index (χ2v) is 6.28. The zero-order valence-corrected chi connectivity index (χ0v) is 13.7. The van der Waals surface area contributed by atoms with E-state index in [9.17, 15) is 14.0 Å². The van der Waals surface area contributed by atoms with Gasteiger partial charge >= 0.3 is 5.97 Å². The molecule has 7 heteroatoms. The number of carboxylic acid groups (broad SMARTS) is 1. The topological polar surface area (TPSA) is 60.9 Å². The van der Waals surface area contributed by atoms with E-state index in [0.29, 0.717) is 19.5 Å². The fourth-order valence-electron chi connectivity index (χ4n) is 2.92. The van der Waals surface area contributed by atoms with Crippen LogP contribution in [0.15, 0.2) is 18.2 Å². The number of likely N-dealkylation sites (N-methyl/N-ethyl adjacent to an activating group) is 1. The molecule has 0 saturated carbocycles. The summed E-state index contributed by atoms with van der Waals surface area (Å²) < 4.78 is 13.4. The lowest BCUT2D eigenvalue weighted by molar-refractivity contribution is -0.138. The summed E-state index contributed by atoms with van der Waals surface area (Å²) in [6, 6.07) is 3.94. The van der Waals surface area contributed by atoms with E-state index in [0.717, 1.165) is 18.9 Å². The van der Waals surface area contributed by atoms with Gasteiger partial charge in [-0.05, 0) is 44.5 Å². The summed E-state index contributed by atoms with van der Waals surface area (Å²) in [6.45, 7) is 1.07. The highest BCUT2D eigenvalue weighted by atomic mass is 35.5. The molecule has 1 fully saturated rings. The average molecular weight is 343 g/mol. The first kappa shape index (κ1) is 17.7. The van der Waals surface area contributed by atoms with Crippen molar-refractivity contribution in [3.05, 3.63) is 34.6 Å². The first-order chi connectivity index (χ1) is 10.9. The molecule has 0 bridgehead atoms. The van der Waals surface area contributed by atoms with Crippen LogP contribution in [0.4, 0.5) is 4.39 Å². The molecule has 126 valence electrons. The fraction of sp³-hybridized carbons (Fsp3) is 0.500. The molecule has 2 rings (SSSR count). The van der Waals surface area contributed by atoms with Crippen molar-refractivity contribution >= 4 is 23.5 Å². The van der Waals surface area contributed by atoms with Crippen molar-refractivity contribution < 1.29 is 19.1 Å². The van der Waals surface area contributed by atoms with Gasteiger partial charge in [0.15, 0.2) is 0 Å². The molecule has 1 heterocycles. The molecule has 1 aromatic rings. The normalized spacial score (nSPS) is 18.8. The molecular weight excluding hydrogens is 323 g/mol. The third-order valence-corrected chi connectivity index (χ3v) is 4.32. The number of rotatable bonds is 4. The van der Waals surface area contributed by atoms with Gasteiger partial charge in [-0.1, -0.05) is 11.6 Å². The number of hydrogen-bond donors (Lipinski definition) is 1. The van der Waals surface area contributed by atoms with Crippen LogP contribution < -0.4 is 0 Å². The molecule has 0 aromatic heterocycles. The first-order valence-corrected chi connectivity index (χ1v) is 7.92. The fourth-order valence-corrected chi connectivity index (χ4v) is 3.15. The van der Waals surface area contributed by atoms with Crippen molar-refractivity contribution in [3.8, 4) is 0 Å². The molecular formula is C16H20ClFN2O3. The Labute approximate surface area is 139 Å². The lowest BCUT2D eigenvalue weighted by Crippen LogP contribution is -2.37. The average Bonchev–Trinajstić information content (AvgIpc) is 2.70.